The van der Waals surface area contributed by atoms with Crippen LogP contribution in [0.1, 0.15) is 19.4 Å². The Kier molecular flexibility index (Phi) is 6.65. The summed E-state index contributed by atoms with van der Waals surface area (Å²) in [6, 6.07) is 7.74. The highest BCUT2D eigenvalue weighted by molar-refractivity contribution is 9.10. The molecular weight excluding hydrogens is 320 g/mol. The lowest BCUT2D eigenvalue weighted by Crippen LogP contribution is -2.49. The van der Waals surface area contributed by atoms with Gasteiger partial charge in [-0.1, -0.05) is 28.1 Å². The quantitative estimate of drug-likeness (QED) is 0.772. The second-order valence-corrected chi connectivity index (χ2v) is 6.00. The molecule has 112 valence electrons. The lowest BCUT2D eigenvalue weighted by atomic mass is 9.92. The maximum atomic E-state index is 12.3. The topological polar surface area (TPSA) is 41.6 Å². The molecule has 0 radical (unpaired) electrons. The van der Waals surface area contributed by atoms with Crippen molar-refractivity contribution in [2.24, 2.45) is 0 Å². The molecular formula is C15H23BrN2O2. The summed E-state index contributed by atoms with van der Waals surface area (Å²) in [4.78, 5) is 14.4. The first-order chi connectivity index (χ1) is 9.40. The Labute approximate surface area is 129 Å². The number of carbonyl (C=O) groups excluding carboxylic acids is 1. The molecule has 1 aromatic rings. The molecule has 0 spiro atoms. The van der Waals surface area contributed by atoms with E-state index in [0.29, 0.717) is 13.2 Å². The first kappa shape index (κ1) is 17.1. The number of nitrogens with one attached hydrogen (secondary N) is 1. The van der Waals surface area contributed by atoms with Crippen LogP contribution in [0.3, 0.4) is 0 Å². The first-order valence-electron chi connectivity index (χ1n) is 6.73. The molecule has 0 heterocycles. The maximum Gasteiger partial charge on any atom is 0.330 e. The molecule has 0 fully saturated rings. The van der Waals surface area contributed by atoms with Gasteiger partial charge in [0.25, 0.3) is 0 Å². The Morgan fingerprint density at radius 3 is 2.70 bits per heavy atom. The van der Waals surface area contributed by atoms with Gasteiger partial charge in [0.15, 0.2) is 0 Å². The van der Waals surface area contributed by atoms with E-state index < -0.39 is 5.54 Å². The zero-order valence-corrected chi connectivity index (χ0v) is 14.2. The number of ether oxygens (including phenoxy) is 1. The fourth-order valence-corrected chi connectivity index (χ4v) is 2.30. The molecule has 0 saturated carbocycles. The van der Waals surface area contributed by atoms with Crippen molar-refractivity contribution in [1.82, 2.24) is 10.2 Å². The summed E-state index contributed by atoms with van der Waals surface area (Å²) in [5.41, 5.74) is 0.0552. The van der Waals surface area contributed by atoms with Crippen LogP contribution >= 0.6 is 15.9 Å². The molecule has 20 heavy (non-hydrogen) atoms. The minimum atomic E-state index is -0.837. The van der Waals surface area contributed by atoms with E-state index in [1.54, 1.807) is 0 Å². The number of likely N-dealkylation sites (N-methyl/N-ethyl adjacent to an activating group) is 1. The first-order valence-corrected chi connectivity index (χ1v) is 7.52. The zero-order valence-electron chi connectivity index (χ0n) is 12.6. The van der Waals surface area contributed by atoms with Crippen LogP contribution in [0.5, 0.6) is 0 Å². The Balaban J connectivity index is 2.97. The van der Waals surface area contributed by atoms with Crippen molar-refractivity contribution < 1.29 is 9.53 Å². The van der Waals surface area contributed by atoms with Gasteiger partial charge < -0.3 is 9.64 Å². The third-order valence-electron chi connectivity index (χ3n) is 3.12. The number of halogens is 1. The van der Waals surface area contributed by atoms with Crippen LogP contribution in [0.4, 0.5) is 0 Å². The summed E-state index contributed by atoms with van der Waals surface area (Å²) in [6.07, 6.45) is 0. The van der Waals surface area contributed by atoms with Gasteiger partial charge >= 0.3 is 5.97 Å². The van der Waals surface area contributed by atoms with Gasteiger partial charge in [-0.25, -0.2) is 4.79 Å². The monoisotopic (exact) mass is 342 g/mol. The molecule has 0 amide bonds. The molecule has 0 aliphatic heterocycles. The Bertz CT molecular complexity index is 451. The third kappa shape index (κ3) is 4.58. The van der Waals surface area contributed by atoms with E-state index in [9.17, 15) is 4.79 Å². The molecule has 1 unspecified atom stereocenters. The van der Waals surface area contributed by atoms with Crippen molar-refractivity contribution in [3.05, 3.63) is 34.3 Å². The van der Waals surface area contributed by atoms with Crippen molar-refractivity contribution >= 4 is 21.9 Å². The summed E-state index contributed by atoms with van der Waals surface area (Å²) in [6.45, 7) is 5.61. The number of hydrogen-bond acceptors (Lipinski definition) is 4. The summed E-state index contributed by atoms with van der Waals surface area (Å²) in [5, 5.41) is 3.32. The van der Waals surface area contributed by atoms with Gasteiger partial charge in [-0.3, -0.25) is 5.32 Å². The van der Waals surface area contributed by atoms with Gasteiger partial charge in [-0.2, -0.15) is 0 Å². The highest BCUT2D eigenvalue weighted by Gasteiger charge is 2.36. The van der Waals surface area contributed by atoms with E-state index in [4.69, 9.17) is 4.74 Å². The number of benzene rings is 1. The van der Waals surface area contributed by atoms with Gasteiger partial charge in [0, 0.05) is 17.6 Å². The van der Waals surface area contributed by atoms with Crippen LogP contribution in [-0.4, -0.2) is 44.7 Å². The molecule has 1 aromatic carbocycles. The molecule has 1 atom stereocenters. The highest BCUT2D eigenvalue weighted by Crippen LogP contribution is 2.25. The second-order valence-electron chi connectivity index (χ2n) is 5.09. The summed E-state index contributed by atoms with van der Waals surface area (Å²) < 4.78 is 6.17. The molecule has 0 aromatic heterocycles. The average molecular weight is 343 g/mol. The van der Waals surface area contributed by atoms with Crippen molar-refractivity contribution in [1.29, 1.82) is 0 Å². The van der Waals surface area contributed by atoms with E-state index in [0.717, 1.165) is 16.6 Å². The normalized spacial score (nSPS) is 14.1. The minimum absolute atomic E-state index is 0.253. The van der Waals surface area contributed by atoms with Gasteiger partial charge in [0.2, 0.25) is 0 Å². The molecule has 0 aliphatic carbocycles. The molecule has 4 nitrogen and oxygen atoms in total. The van der Waals surface area contributed by atoms with Gasteiger partial charge in [-0.15, -0.1) is 0 Å². The molecule has 1 N–H and O–H groups in total. The lowest BCUT2D eigenvalue weighted by Gasteiger charge is -2.30. The minimum Gasteiger partial charge on any atom is -0.464 e. The molecule has 5 heteroatoms. The van der Waals surface area contributed by atoms with Crippen LogP contribution < -0.4 is 5.32 Å². The van der Waals surface area contributed by atoms with Gasteiger partial charge in [0.05, 0.1) is 6.61 Å². The molecule has 0 saturated heterocycles. The predicted molar refractivity (Wildman–Crippen MR) is 84.7 cm³/mol. The standard InChI is InChI=1S/C15H23BrN2O2/c1-5-20-14(19)15(2,17-9-10-18(3)4)12-7-6-8-13(16)11-12/h6-8,11,17H,5,9-10H2,1-4H3. The number of carbonyl (C=O) groups is 1. The van der Waals surface area contributed by atoms with E-state index in [-0.39, 0.29) is 5.97 Å². The van der Waals surface area contributed by atoms with Crippen molar-refractivity contribution in [2.45, 2.75) is 19.4 Å². The number of rotatable bonds is 7. The fraction of sp³-hybridized carbons (Fsp3) is 0.533. The maximum absolute atomic E-state index is 12.3. The lowest BCUT2D eigenvalue weighted by molar-refractivity contribution is -0.151. The number of esters is 1. The molecule has 0 bridgehead atoms. The van der Waals surface area contributed by atoms with Gasteiger partial charge in [-0.05, 0) is 45.6 Å². The SMILES string of the molecule is CCOC(=O)C(C)(NCCN(C)C)c1cccc(Br)c1. The number of nitrogens with zero attached hydrogens (tertiary/aromatic N) is 1. The highest BCUT2D eigenvalue weighted by atomic mass is 79.9. The van der Waals surface area contributed by atoms with E-state index in [1.165, 1.54) is 0 Å². The zero-order chi connectivity index (χ0) is 15.2. The van der Waals surface area contributed by atoms with Gasteiger partial charge in [0.1, 0.15) is 5.54 Å². The van der Waals surface area contributed by atoms with Crippen LogP contribution in [0.2, 0.25) is 0 Å². The Morgan fingerprint density at radius 2 is 2.15 bits per heavy atom. The van der Waals surface area contributed by atoms with E-state index >= 15 is 0 Å². The summed E-state index contributed by atoms with van der Waals surface area (Å²) in [7, 11) is 4.00. The van der Waals surface area contributed by atoms with Crippen LogP contribution in [0.15, 0.2) is 28.7 Å². The average Bonchev–Trinajstić information content (AvgIpc) is 2.38. The Morgan fingerprint density at radius 1 is 1.45 bits per heavy atom. The molecule has 0 aliphatic rings. The van der Waals surface area contributed by atoms with Crippen LogP contribution in [-0.2, 0) is 15.1 Å². The van der Waals surface area contributed by atoms with Crippen molar-refractivity contribution in [2.75, 3.05) is 33.8 Å². The third-order valence-corrected chi connectivity index (χ3v) is 3.62. The van der Waals surface area contributed by atoms with Crippen molar-refractivity contribution in [3.8, 4) is 0 Å². The fourth-order valence-electron chi connectivity index (χ4n) is 1.90. The smallest absolute Gasteiger partial charge is 0.330 e. The summed E-state index contributed by atoms with van der Waals surface area (Å²) in [5.74, 6) is -0.253. The number of hydrogen-bond donors (Lipinski definition) is 1. The Hall–Kier alpha value is -0.910. The largest absolute Gasteiger partial charge is 0.464 e. The predicted octanol–water partition coefficient (Wildman–Crippen LogP) is 2.38. The van der Waals surface area contributed by atoms with Crippen molar-refractivity contribution in [3.63, 3.8) is 0 Å². The summed E-state index contributed by atoms with van der Waals surface area (Å²) >= 11 is 3.45. The molecule has 1 rings (SSSR count). The van der Waals surface area contributed by atoms with Crippen LogP contribution in [0.25, 0.3) is 0 Å². The van der Waals surface area contributed by atoms with E-state index in [1.807, 2.05) is 52.2 Å². The van der Waals surface area contributed by atoms with E-state index in [2.05, 4.69) is 26.1 Å². The second kappa shape index (κ2) is 7.76. The van der Waals surface area contributed by atoms with Crippen LogP contribution in [0, 0.1) is 0 Å².